The third-order valence-corrected chi connectivity index (χ3v) is 5.93. The summed E-state index contributed by atoms with van der Waals surface area (Å²) >= 11 is 6.10. The number of aromatic amines is 1. The Labute approximate surface area is 199 Å². The van der Waals surface area contributed by atoms with E-state index in [1.165, 1.54) is 53.0 Å². The summed E-state index contributed by atoms with van der Waals surface area (Å²) in [6.45, 7) is 0. The highest BCUT2D eigenvalue weighted by molar-refractivity contribution is 6.33. The lowest BCUT2D eigenvalue weighted by Gasteiger charge is -2.09. The standard InChI is InChI=1S/C23H15ClF3N5O3/c1-31-20-15(10-28-31)19-17(18(29-20)11-4-3-5-12(8-11)23(25,26)27)21(33)32(30-19)13-6-7-16(24)14(9-13)22(34)35-2/h3-10,30H,1-2H3. The van der Waals surface area contributed by atoms with Gasteiger partial charge in [-0.05, 0) is 30.3 Å². The molecule has 0 unspecified atom stereocenters. The number of pyridine rings is 1. The molecule has 0 saturated heterocycles. The van der Waals surface area contributed by atoms with Crippen LogP contribution in [0.5, 0.6) is 0 Å². The van der Waals surface area contributed by atoms with E-state index < -0.39 is 23.3 Å². The number of carbonyl (C=O) groups is 1. The van der Waals surface area contributed by atoms with Gasteiger partial charge in [0.2, 0.25) is 0 Å². The Hall–Kier alpha value is -4.12. The maximum Gasteiger partial charge on any atom is 0.416 e. The third-order valence-electron chi connectivity index (χ3n) is 5.60. The highest BCUT2D eigenvalue weighted by Gasteiger charge is 2.31. The van der Waals surface area contributed by atoms with E-state index in [9.17, 15) is 22.8 Å². The molecule has 35 heavy (non-hydrogen) atoms. The average Bonchev–Trinajstić information content (AvgIpc) is 3.38. The number of esters is 1. The Kier molecular flexibility index (Phi) is 5.17. The first kappa shape index (κ1) is 22.7. The van der Waals surface area contributed by atoms with Crippen molar-refractivity contribution in [2.45, 2.75) is 6.18 Å². The molecule has 178 valence electrons. The molecule has 12 heteroatoms. The predicted molar refractivity (Wildman–Crippen MR) is 123 cm³/mol. The molecule has 0 aliphatic rings. The maximum atomic E-state index is 13.6. The fourth-order valence-electron chi connectivity index (χ4n) is 3.91. The van der Waals surface area contributed by atoms with Crippen LogP contribution in [-0.4, -0.2) is 37.6 Å². The normalized spacial score (nSPS) is 11.9. The molecule has 8 nitrogen and oxygen atoms in total. The topological polar surface area (TPSA) is 94.8 Å². The van der Waals surface area contributed by atoms with Gasteiger partial charge >= 0.3 is 12.1 Å². The molecule has 1 N–H and O–H groups in total. The molecule has 0 amide bonds. The molecule has 0 aliphatic heterocycles. The van der Waals surface area contributed by atoms with Crippen LogP contribution in [0.2, 0.25) is 5.02 Å². The zero-order valence-corrected chi connectivity index (χ0v) is 18.9. The Morgan fingerprint density at radius 3 is 2.66 bits per heavy atom. The largest absolute Gasteiger partial charge is 0.465 e. The first-order valence-corrected chi connectivity index (χ1v) is 10.5. The van der Waals surface area contributed by atoms with Crippen LogP contribution in [0, 0.1) is 0 Å². The number of aryl methyl sites for hydroxylation is 1. The van der Waals surface area contributed by atoms with E-state index in [4.69, 9.17) is 16.3 Å². The molecule has 0 aliphatic carbocycles. The smallest absolute Gasteiger partial charge is 0.416 e. The average molecular weight is 502 g/mol. The molecule has 0 saturated carbocycles. The predicted octanol–water partition coefficient (Wildman–Crippen LogP) is 4.73. The summed E-state index contributed by atoms with van der Waals surface area (Å²) in [5, 5.41) is 7.86. The summed E-state index contributed by atoms with van der Waals surface area (Å²) in [5.74, 6) is -0.693. The fraction of sp³-hybridized carbons (Fsp3) is 0.130. The molecular weight excluding hydrogens is 487 g/mol. The highest BCUT2D eigenvalue weighted by Crippen LogP contribution is 2.35. The quantitative estimate of drug-likeness (QED) is 0.361. The minimum absolute atomic E-state index is 0.0416. The van der Waals surface area contributed by atoms with Gasteiger partial charge in [0.05, 0.1) is 57.1 Å². The molecule has 5 aromatic rings. The molecule has 0 spiro atoms. The van der Waals surface area contributed by atoms with Crippen molar-refractivity contribution in [2.24, 2.45) is 7.05 Å². The number of fused-ring (bicyclic) bond motifs is 3. The van der Waals surface area contributed by atoms with Crippen molar-refractivity contribution >= 4 is 39.5 Å². The molecule has 0 radical (unpaired) electrons. The number of ether oxygens (including phenoxy) is 1. The lowest BCUT2D eigenvalue weighted by atomic mass is 10.0. The Morgan fingerprint density at radius 1 is 1.17 bits per heavy atom. The number of H-pyrrole nitrogens is 1. The van der Waals surface area contributed by atoms with Gasteiger partial charge in [0.1, 0.15) is 0 Å². The second-order valence-electron chi connectivity index (χ2n) is 7.70. The number of hydrogen-bond donors (Lipinski definition) is 1. The number of alkyl halides is 3. The van der Waals surface area contributed by atoms with E-state index in [0.29, 0.717) is 16.6 Å². The van der Waals surface area contributed by atoms with Crippen molar-refractivity contribution < 1.29 is 22.7 Å². The van der Waals surface area contributed by atoms with E-state index >= 15 is 0 Å². The number of halogens is 4. The minimum atomic E-state index is -4.57. The van der Waals surface area contributed by atoms with Crippen LogP contribution in [0.3, 0.4) is 0 Å². The number of rotatable bonds is 3. The number of methoxy groups -OCH3 is 1. The Bertz CT molecular complexity index is 1700. The van der Waals surface area contributed by atoms with Gasteiger partial charge < -0.3 is 4.74 Å². The molecular formula is C23H15ClF3N5O3. The van der Waals surface area contributed by atoms with Gasteiger partial charge in [-0.1, -0.05) is 23.7 Å². The lowest BCUT2D eigenvalue weighted by molar-refractivity contribution is -0.137. The van der Waals surface area contributed by atoms with Crippen LogP contribution in [0.25, 0.3) is 38.9 Å². The van der Waals surface area contributed by atoms with Gasteiger partial charge in [0, 0.05) is 12.6 Å². The van der Waals surface area contributed by atoms with E-state index in [1.54, 1.807) is 7.05 Å². The second kappa shape index (κ2) is 7.98. The summed E-state index contributed by atoms with van der Waals surface area (Å²) in [7, 11) is 2.83. The van der Waals surface area contributed by atoms with Crippen LogP contribution < -0.4 is 5.56 Å². The minimum Gasteiger partial charge on any atom is -0.465 e. The highest BCUT2D eigenvalue weighted by atomic mass is 35.5. The summed E-state index contributed by atoms with van der Waals surface area (Å²) < 4.78 is 47.5. The van der Waals surface area contributed by atoms with Gasteiger partial charge in [-0.25, -0.2) is 14.5 Å². The number of carbonyl (C=O) groups excluding carboxylic acids is 1. The Balaban J connectivity index is 1.84. The van der Waals surface area contributed by atoms with E-state index in [-0.39, 0.29) is 32.9 Å². The van der Waals surface area contributed by atoms with Crippen molar-refractivity contribution in [1.29, 1.82) is 0 Å². The van der Waals surface area contributed by atoms with Gasteiger partial charge in [-0.15, -0.1) is 0 Å². The zero-order valence-electron chi connectivity index (χ0n) is 18.1. The number of hydrogen-bond acceptors (Lipinski definition) is 5. The van der Waals surface area contributed by atoms with Crippen molar-refractivity contribution in [3.63, 3.8) is 0 Å². The van der Waals surface area contributed by atoms with E-state index in [1.807, 2.05) is 0 Å². The molecule has 3 heterocycles. The number of benzene rings is 2. The van der Waals surface area contributed by atoms with Crippen LogP contribution in [0.1, 0.15) is 15.9 Å². The van der Waals surface area contributed by atoms with Gasteiger partial charge in [0.25, 0.3) is 5.56 Å². The van der Waals surface area contributed by atoms with E-state index in [2.05, 4.69) is 15.2 Å². The van der Waals surface area contributed by atoms with Crippen LogP contribution in [-0.2, 0) is 18.0 Å². The third kappa shape index (κ3) is 3.64. The molecule has 0 fully saturated rings. The monoisotopic (exact) mass is 501 g/mol. The van der Waals surface area contributed by atoms with Crippen LogP contribution in [0.15, 0.2) is 53.5 Å². The van der Waals surface area contributed by atoms with Crippen molar-refractivity contribution in [2.75, 3.05) is 7.11 Å². The number of nitrogens with zero attached hydrogens (tertiary/aromatic N) is 4. The van der Waals surface area contributed by atoms with Crippen molar-refractivity contribution in [1.82, 2.24) is 24.5 Å². The lowest BCUT2D eigenvalue weighted by Crippen LogP contribution is -2.16. The molecule has 2 aromatic carbocycles. The number of nitrogens with one attached hydrogen (secondary N) is 1. The van der Waals surface area contributed by atoms with Crippen LogP contribution >= 0.6 is 11.6 Å². The van der Waals surface area contributed by atoms with Gasteiger partial charge in [0.15, 0.2) is 5.65 Å². The SMILES string of the molecule is COC(=O)c1cc(-n2[nH]c3c(c(-c4cccc(C(F)(F)F)c4)nc4c3cnn4C)c2=O)ccc1Cl. The maximum absolute atomic E-state index is 13.6. The van der Waals surface area contributed by atoms with Gasteiger partial charge in [-0.3, -0.25) is 14.6 Å². The van der Waals surface area contributed by atoms with Gasteiger partial charge in [-0.2, -0.15) is 18.3 Å². The molecule has 3 aromatic heterocycles. The first-order chi connectivity index (χ1) is 16.6. The summed E-state index contributed by atoms with van der Waals surface area (Å²) in [4.78, 5) is 30.2. The van der Waals surface area contributed by atoms with Crippen molar-refractivity contribution in [3.05, 3.63) is 75.2 Å². The Morgan fingerprint density at radius 2 is 1.94 bits per heavy atom. The number of aromatic nitrogens is 5. The summed E-state index contributed by atoms with van der Waals surface area (Å²) in [6.07, 6.45) is -3.07. The fourth-order valence-corrected chi connectivity index (χ4v) is 4.10. The zero-order chi connectivity index (χ0) is 25.1. The molecule has 0 bridgehead atoms. The second-order valence-corrected chi connectivity index (χ2v) is 8.11. The molecule has 0 atom stereocenters. The summed E-state index contributed by atoms with van der Waals surface area (Å²) in [5.41, 5.74) is -0.273. The van der Waals surface area contributed by atoms with Crippen molar-refractivity contribution in [3.8, 4) is 16.9 Å². The van der Waals surface area contributed by atoms with E-state index in [0.717, 1.165) is 12.1 Å². The van der Waals surface area contributed by atoms with Crippen LogP contribution in [0.4, 0.5) is 13.2 Å². The summed E-state index contributed by atoms with van der Waals surface area (Å²) in [6, 6.07) is 8.93. The molecule has 5 rings (SSSR count). The first-order valence-electron chi connectivity index (χ1n) is 10.1.